The van der Waals surface area contributed by atoms with Gasteiger partial charge in [0.1, 0.15) is 12.1 Å². The zero-order chi connectivity index (χ0) is 12.5. The van der Waals surface area contributed by atoms with E-state index < -0.39 is 10.1 Å². The fraction of sp³-hybridized carbons (Fsp3) is 0.300. The van der Waals surface area contributed by atoms with E-state index in [2.05, 4.69) is 19.4 Å². The molecule has 90 valence electrons. The molecule has 17 heavy (non-hydrogen) atoms. The summed E-state index contributed by atoms with van der Waals surface area (Å²) in [5.41, 5.74) is 2.35. The number of nitrogens with zero attached hydrogens (tertiary/aromatic N) is 3. The summed E-state index contributed by atoms with van der Waals surface area (Å²) in [5, 5.41) is 7.81. The normalized spacial score (nSPS) is 11.9. The second-order valence-corrected chi connectivity index (χ2v) is 5.28. The molecule has 1 aromatic carbocycles. The van der Waals surface area contributed by atoms with Crippen LogP contribution in [0.1, 0.15) is 11.4 Å². The number of aromatic nitrogens is 3. The van der Waals surface area contributed by atoms with Crippen LogP contribution in [0.4, 0.5) is 0 Å². The third kappa shape index (κ3) is 2.95. The van der Waals surface area contributed by atoms with Gasteiger partial charge in [-0.3, -0.25) is 4.18 Å². The molecule has 0 saturated heterocycles. The average Bonchev–Trinajstić information content (AvgIpc) is 2.26. The Kier molecular flexibility index (Phi) is 3.03. The van der Waals surface area contributed by atoms with Crippen LogP contribution in [0.5, 0.6) is 0 Å². The summed E-state index contributed by atoms with van der Waals surface area (Å²) in [5.74, 6) is 0.244. The quantitative estimate of drug-likeness (QED) is 0.753. The summed E-state index contributed by atoms with van der Waals surface area (Å²) >= 11 is 0. The molecule has 0 atom stereocenters. The maximum absolute atomic E-state index is 10.8. The Bertz CT molecular complexity index is 655. The first-order valence-corrected chi connectivity index (χ1v) is 6.71. The summed E-state index contributed by atoms with van der Waals surface area (Å²) in [6, 6.07) is 5.56. The topological polar surface area (TPSA) is 82.0 Å². The summed E-state index contributed by atoms with van der Waals surface area (Å²) in [7, 11) is -3.49. The maximum atomic E-state index is 10.8. The van der Waals surface area contributed by atoms with E-state index in [1.165, 1.54) is 0 Å². The van der Waals surface area contributed by atoms with Crippen LogP contribution in [-0.2, 0) is 20.9 Å². The molecule has 0 fully saturated rings. The van der Waals surface area contributed by atoms with Crippen molar-refractivity contribution in [2.75, 3.05) is 6.26 Å². The number of hydrogen-bond donors (Lipinski definition) is 0. The van der Waals surface area contributed by atoms with Crippen LogP contribution in [0.3, 0.4) is 0 Å². The van der Waals surface area contributed by atoms with Crippen molar-refractivity contribution in [3.8, 4) is 0 Å². The van der Waals surface area contributed by atoms with Crippen molar-refractivity contribution in [3.05, 3.63) is 29.6 Å². The highest BCUT2D eigenvalue weighted by Gasteiger charge is 2.07. The Balaban J connectivity index is 2.32. The van der Waals surface area contributed by atoms with Crippen LogP contribution >= 0.6 is 0 Å². The first kappa shape index (κ1) is 11.9. The predicted molar refractivity (Wildman–Crippen MR) is 61.7 cm³/mol. The maximum Gasteiger partial charge on any atom is 0.264 e. The summed E-state index contributed by atoms with van der Waals surface area (Å²) in [4.78, 5) is 4.18. The number of rotatable bonds is 3. The lowest BCUT2D eigenvalue weighted by molar-refractivity contribution is 0.301. The highest BCUT2D eigenvalue weighted by molar-refractivity contribution is 7.85. The number of hydrogen-bond acceptors (Lipinski definition) is 6. The molecular formula is C10H11N3O3S. The molecule has 0 aliphatic rings. The van der Waals surface area contributed by atoms with Crippen LogP contribution in [-0.4, -0.2) is 29.9 Å². The van der Waals surface area contributed by atoms with E-state index in [4.69, 9.17) is 0 Å². The van der Waals surface area contributed by atoms with Crippen molar-refractivity contribution >= 4 is 21.2 Å². The molecule has 0 unspecified atom stereocenters. The van der Waals surface area contributed by atoms with E-state index in [9.17, 15) is 8.42 Å². The van der Waals surface area contributed by atoms with Crippen molar-refractivity contribution in [1.82, 2.24) is 15.2 Å². The van der Waals surface area contributed by atoms with Crippen LogP contribution < -0.4 is 0 Å². The van der Waals surface area contributed by atoms with Gasteiger partial charge < -0.3 is 0 Å². The van der Waals surface area contributed by atoms with Gasteiger partial charge in [0.15, 0.2) is 5.82 Å². The van der Waals surface area contributed by atoms with Gasteiger partial charge in [-0.1, -0.05) is 12.1 Å². The molecule has 0 aliphatic heterocycles. The lowest BCUT2D eigenvalue weighted by Crippen LogP contribution is -2.07. The monoisotopic (exact) mass is 253 g/mol. The molecule has 1 aromatic heterocycles. The standard InChI is InChI=1S/C10H11N3O3S/c1-7-4-3-5-8-10(7)13-12-9(11-8)6-16-17(2,14)15/h3-5H,6H2,1-2H3. The Hall–Kier alpha value is -1.60. The van der Waals surface area contributed by atoms with Crippen LogP contribution in [0.25, 0.3) is 11.0 Å². The van der Waals surface area contributed by atoms with Crippen molar-refractivity contribution < 1.29 is 12.6 Å². The Morgan fingerprint density at radius 3 is 2.76 bits per heavy atom. The van der Waals surface area contributed by atoms with E-state index in [-0.39, 0.29) is 12.4 Å². The lowest BCUT2D eigenvalue weighted by atomic mass is 10.2. The van der Waals surface area contributed by atoms with Crippen molar-refractivity contribution in [2.45, 2.75) is 13.5 Å². The Labute approximate surface area is 98.8 Å². The third-order valence-corrected chi connectivity index (χ3v) is 2.68. The van der Waals surface area contributed by atoms with Crippen molar-refractivity contribution in [3.63, 3.8) is 0 Å². The molecule has 0 bridgehead atoms. The molecule has 0 radical (unpaired) electrons. The van der Waals surface area contributed by atoms with Gasteiger partial charge in [-0.15, -0.1) is 10.2 Å². The number of fused-ring (bicyclic) bond motifs is 1. The lowest BCUT2D eigenvalue weighted by Gasteiger charge is -2.02. The number of benzene rings is 1. The first-order chi connectivity index (χ1) is 7.96. The van der Waals surface area contributed by atoms with E-state index in [0.717, 1.165) is 11.8 Å². The van der Waals surface area contributed by atoms with Gasteiger partial charge in [-0.05, 0) is 18.6 Å². The van der Waals surface area contributed by atoms with Gasteiger partial charge in [0.2, 0.25) is 0 Å². The van der Waals surface area contributed by atoms with Gasteiger partial charge in [0, 0.05) is 0 Å². The average molecular weight is 253 g/mol. The summed E-state index contributed by atoms with van der Waals surface area (Å²) < 4.78 is 26.2. The molecule has 0 amide bonds. The van der Waals surface area contributed by atoms with Gasteiger partial charge in [0.05, 0.1) is 11.8 Å². The van der Waals surface area contributed by atoms with E-state index in [1.807, 2.05) is 19.1 Å². The largest absolute Gasteiger partial charge is 0.264 e. The second kappa shape index (κ2) is 4.34. The van der Waals surface area contributed by atoms with E-state index in [1.54, 1.807) is 6.07 Å². The highest BCUT2D eigenvalue weighted by atomic mass is 32.2. The molecule has 0 aliphatic carbocycles. The molecule has 6 nitrogen and oxygen atoms in total. The van der Waals surface area contributed by atoms with Crippen LogP contribution in [0, 0.1) is 6.92 Å². The number of aryl methyl sites for hydroxylation is 1. The second-order valence-electron chi connectivity index (χ2n) is 3.64. The Morgan fingerprint density at radius 2 is 2.06 bits per heavy atom. The minimum absolute atomic E-state index is 0.199. The predicted octanol–water partition coefficient (Wildman–Crippen LogP) is 0.809. The molecular weight excluding hydrogens is 242 g/mol. The SMILES string of the molecule is Cc1cccc2nc(COS(C)(=O)=O)nnc12. The molecule has 0 N–H and O–H groups in total. The van der Waals surface area contributed by atoms with E-state index >= 15 is 0 Å². The highest BCUT2D eigenvalue weighted by Crippen LogP contribution is 2.12. The minimum Gasteiger partial charge on any atom is -0.262 e. The smallest absolute Gasteiger partial charge is 0.262 e. The Morgan fingerprint density at radius 1 is 1.29 bits per heavy atom. The molecule has 1 heterocycles. The summed E-state index contributed by atoms with van der Waals surface area (Å²) in [6.45, 7) is 1.71. The van der Waals surface area contributed by atoms with Gasteiger partial charge in [0.25, 0.3) is 10.1 Å². The van der Waals surface area contributed by atoms with Crippen molar-refractivity contribution in [2.24, 2.45) is 0 Å². The fourth-order valence-corrected chi connectivity index (χ4v) is 1.67. The van der Waals surface area contributed by atoms with E-state index in [0.29, 0.717) is 11.0 Å². The molecule has 0 spiro atoms. The zero-order valence-corrected chi connectivity index (χ0v) is 10.2. The minimum atomic E-state index is -3.49. The van der Waals surface area contributed by atoms with Crippen molar-refractivity contribution in [1.29, 1.82) is 0 Å². The third-order valence-electron chi connectivity index (χ3n) is 2.13. The van der Waals surface area contributed by atoms with Gasteiger partial charge >= 0.3 is 0 Å². The van der Waals surface area contributed by atoms with Crippen LogP contribution in [0.15, 0.2) is 18.2 Å². The summed E-state index contributed by atoms with van der Waals surface area (Å²) in [6.07, 6.45) is 0.978. The van der Waals surface area contributed by atoms with Gasteiger partial charge in [-0.2, -0.15) is 8.42 Å². The molecule has 0 saturated carbocycles. The fourth-order valence-electron chi connectivity index (χ4n) is 1.35. The molecule has 7 heteroatoms. The zero-order valence-electron chi connectivity index (χ0n) is 9.41. The first-order valence-electron chi connectivity index (χ1n) is 4.89. The van der Waals surface area contributed by atoms with Gasteiger partial charge in [-0.25, -0.2) is 4.98 Å². The van der Waals surface area contributed by atoms with Crippen LogP contribution in [0.2, 0.25) is 0 Å². The molecule has 2 aromatic rings. The molecule has 2 rings (SSSR count).